The van der Waals surface area contributed by atoms with E-state index < -0.39 is 5.76 Å². The first-order chi connectivity index (χ1) is 7.17. The van der Waals surface area contributed by atoms with E-state index in [2.05, 4.69) is 10.2 Å². The summed E-state index contributed by atoms with van der Waals surface area (Å²) in [5, 5.41) is 5.80. The molecular weight excluding hydrogens is 198 g/mol. The predicted molar refractivity (Wildman–Crippen MR) is 53.7 cm³/mol. The number of H-pyrrole nitrogens is 1. The van der Waals surface area contributed by atoms with E-state index in [0.717, 1.165) is 0 Å². The number of nitrogens with one attached hydrogen (secondary N) is 1. The van der Waals surface area contributed by atoms with Gasteiger partial charge in [0, 0.05) is 13.2 Å². The van der Waals surface area contributed by atoms with Crippen molar-refractivity contribution in [3.05, 3.63) is 34.8 Å². The number of rotatable bonds is 4. The minimum Gasteiger partial charge on any atom is -0.388 e. The number of aromatic nitrogens is 2. The highest BCUT2D eigenvalue weighted by Gasteiger charge is 2.06. The number of nitrogens with zero attached hydrogens (tertiary/aromatic N) is 2. The summed E-state index contributed by atoms with van der Waals surface area (Å²) in [4.78, 5) is 22.4. The Balaban J connectivity index is 3.07. The second-order valence-electron chi connectivity index (χ2n) is 2.77. The molecule has 6 nitrogen and oxygen atoms in total. The average Bonchev–Trinajstić information content (AvgIpc) is 2.64. The number of amides is 1. The summed E-state index contributed by atoms with van der Waals surface area (Å²) in [6.45, 7) is 1.81. The molecule has 0 aliphatic heterocycles. The molecule has 0 atom stereocenters. The van der Waals surface area contributed by atoms with Gasteiger partial charge in [0.25, 0.3) is 5.89 Å². The second-order valence-corrected chi connectivity index (χ2v) is 2.77. The van der Waals surface area contributed by atoms with Gasteiger partial charge in [0.15, 0.2) is 0 Å². The van der Waals surface area contributed by atoms with E-state index in [1.54, 1.807) is 26.1 Å². The van der Waals surface area contributed by atoms with Crippen molar-refractivity contribution < 1.29 is 9.21 Å². The van der Waals surface area contributed by atoms with Crippen molar-refractivity contribution in [3.8, 4) is 0 Å². The largest absolute Gasteiger partial charge is 0.434 e. The third kappa shape index (κ3) is 2.94. The smallest absolute Gasteiger partial charge is 0.388 e. The predicted octanol–water partition coefficient (Wildman–Crippen LogP) is 0.368. The van der Waals surface area contributed by atoms with Gasteiger partial charge >= 0.3 is 5.76 Å². The van der Waals surface area contributed by atoms with Gasteiger partial charge in [-0.15, -0.1) is 5.10 Å². The van der Waals surface area contributed by atoms with Gasteiger partial charge in [0.05, 0.1) is 5.57 Å². The average molecular weight is 209 g/mol. The van der Waals surface area contributed by atoms with Crippen LogP contribution in [0.5, 0.6) is 0 Å². The van der Waals surface area contributed by atoms with Gasteiger partial charge < -0.3 is 9.32 Å². The van der Waals surface area contributed by atoms with Gasteiger partial charge in [-0.2, -0.15) is 0 Å². The number of allylic oxidation sites excluding steroid dienone is 3. The van der Waals surface area contributed by atoms with E-state index in [0.29, 0.717) is 12.0 Å². The molecule has 0 radical (unpaired) electrons. The van der Waals surface area contributed by atoms with E-state index in [-0.39, 0.29) is 5.89 Å². The van der Waals surface area contributed by atoms with E-state index >= 15 is 0 Å². The summed E-state index contributed by atoms with van der Waals surface area (Å²) in [6.07, 6.45) is 5.57. The summed E-state index contributed by atoms with van der Waals surface area (Å²) < 4.78 is 4.76. The third-order valence-corrected chi connectivity index (χ3v) is 1.54. The van der Waals surface area contributed by atoms with Crippen LogP contribution in [0.2, 0.25) is 0 Å². The zero-order valence-corrected chi connectivity index (χ0v) is 8.43. The van der Waals surface area contributed by atoms with Gasteiger partial charge in [0.1, 0.15) is 0 Å². The first-order valence-electron chi connectivity index (χ1n) is 4.25. The van der Waals surface area contributed by atoms with Gasteiger partial charge in [-0.1, -0.05) is 12.2 Å². The fourth-order valence-corrected chi connectivity index (χ4v) is 0.952. The normalized spacial score (nSPS) is 12.0. The van der Waals surface area contributed by atoms with Crippen LogP contribution >= 0.6 is 0 Å². The van der Waals surface area contributed by atoms with Crippen LogP contribution in [0, 0.1) is 0 Å². The summed E-state index contributed by atoms with van der Waals surface area (Å²) in [6, 6.07) is 0. The Labute approximate surface area is 85.9 Å². The highest BCUT2D eigenvalue weighted by molar-refractivity contribution is 5.69. The Kier molecular flexibility index (Phi) is 3.61. The lowest BCUT2D eigenvalue weighted by atomic mass is 10.2. The van der Waals surface area contributed by atoms with Crippen molar-refractivity contribution in [1.82, 2.24) is 15.1 Å². The summed E-state index contributed by atoms with van der Waals surface area (Å²) in [5.41, 5.74) is 0.533. The van der Waals surface area contributed by atoms with E-state index in [9.17, 15) is 9.59 Å². The van der Waals surface area contributed by atoms with Crippen LogP contribution < -0.4 is 5.76 Å². The Bertz CT molecular complexity index is 441. The van der Waals surface area contributed by atoms with Crippen LogP contribution in [0.4, 0.5) is 0 Å². The fourth-order valence-electron chi connectivity index (χ4n) is 0.952. The molecule has 0 saturated heterocycles. The molecular formula is C9H11N3O3. The lowest BCUT2D eigenvalue weighted by molar-refractivity contribution is -0.114. The molecule has 0 spiro atoms. The van der Waals surface area contributed by atoms with Crippen molar-refractivity contribution >= 4 is 12.0 Å². The Hall–Kier alpha value is -2.11. The molecule has 0 saturated carbocycles. The van der Waals surface area contributed by atoms with Crippen LogP contribution in [0.15, 0.2) is 27.6 Å². The summed E-state index contributed by atoms with van der Waals surface area (Å²) in [5.74, 6) is -0.485. The molecule has 0 aromatic carbocycles. The van der Waals surface area contributed by atoms with Crippen molar-refractivity contribution in [3.63, 3.8) is 0 Å². The monoisotopic (exact) mass is 209 g/mol. The first kappa shape index (κ1) is 11.0. The zero-order valence-electron chi connectivity index (χ0n) is 8.43. The molecule has 1 aromatic heterocycles. The van der Waals surface area contributed by atoms with Crippen molar-refractivity contribution in [2.45, 2.75) is 6.92 Å². The standard InChI is InChI=1S/C9H11N3O3/c1-3-4-7(5-12(2)6-13)8-10-11-9(14)15-8/h3-6H,1-2H3,(H,11,14)/b4-3-,7-5+. The van der Waals surface area contributed by atoms with Crippen LogP contribution in [-0.4, -0.2) is 28.6 Å². The highest BCUT2D eigenvalue weighted by atomic mass is 16.4. The lowest BCUT2D eigenvalue weighted by Gasteiger charge is -2.03. The summed E-state index contributed by atoms with van der Waals surface area (Å²) >= 11 is 0. The molecule has 0 bridgehead atoms. The highest BCUT2D eigenvalue weighted by Crippen LogP contribution is 2.11. The minimum atomic E-state index is -0.630. The van der Waals surface area contributed by atoms with Gasteiger partial charge in [-0.05, 0) is 6.92 Å². The topological polar surface area (TPSA) is 79.2 Å². The van der Waals surface area contributed by atoms with Gasteiger partial charge in [-0.25, -0.2) is 9.89 Å². The Morgan fingerprint density at radius 1 is 1.60 bits per heavy atom. The SMILES string of the molecule is C/C=C\C(=C/N(C)C=O)c1n[nH]c(=O)o1. The molecule has 15 heavy (non-hydrogen) atoms. The van der Waals surface area contributed by atoms with Crippen molar-refractivity contribution in [1.29, 1.82) is 0 Å². The van der Waals surface area contributed by atoms with Gasteiger partial charge in [0.2, 0.25) is 6.41 Å². The molecule has 0 fully saturated rings. The molecule has 0 aliphatic carbocycles. The van der Waals surface area contributed by atoms with Crippen LogP contribution in [0.25, 0.3) is 5.57 Å². The van der Waals surface area contributed by atoms with E-state index in [4.69, 9.17) is 4.42 Å². The molecule has 0 aliphatic rings. The molecule has 1 aromatic rings. The molecule has 1 N–H and O–H groups in total. The fraction of sp³-hybridized carbons (Fsp3) is 0.222. The maximum Gasteiger partial charge on any atom is 0.434 e. The van der Waals surface area contributed by atoms with E-state index in [1.165, 1.54) is 11.1 Å². The number of aromatic amines is 1. The Morgan fingerprint density at radius 3 is 2.80 bits per heavy atom. The van der Waals surface area contributed by atoms with Crippen LogP contribution in [0.1, 0.15) is 12.8 Å². The quantitative estimate of drug-likeness (QED) is 0.573. The van der Waals surface area contributed by atoms with Crippen molar-refractivity contribution in [2.75, 3.05) is 7.05 Å². The third-order valence-electron chi connectivity index (χ3n) is 1.54. The molecule has 0 unspecified atom stereocenters. The molecule has 6 heteroatoms. The zero-order chi connectivity index (χ0) is 11.3. The lowest BCUT2D eigenvalue weighted by Crippen LogP contribution is -2.07. The first-order valence-corrected chi connectivity index (χ1v) is 4.25. The second kappa shape index (κ2) is 4.94. The molecule has 1 heterocycles. The number of hydrogen-bond donors (Lipinski definition) is 1. The number of carbonyl (C=O) groups is 1. The maximum absolute atomic E-state index is 10.7. The Morgan fingerprint density at radius 2 is 2.33 bits per heavy atom. The number of carbonyl (C=O) groups excluding carboxylic acids is 1. The van der Waals surface area contributed by atoms with Crippen molar-refractivity contribution in [2.24, 2.45) is 0 Å². The van der Waals surface area contributed by atoms with Crippen LogP contribution in [0.3, 0.4) is 0 Å². The maximum atomic E-state index is 10.7. The van der Waals surface area contributed by atoms with E-state index in [1.807, 2.05) is 0 Å². The summed E-state index contributed by atoms with van der Waals surface area (Å²) in [7, 11) is 1.57. The molecule has 1 amide bonds. The molecule has 1 rings (SSSR count). The van der Waals surface area contributed by atoms with Gasteiger partial charge in [-0.3, -0.25) is 4.79 Å². The number of hydrogen-bond acceptors (Lipinski definition) is 4. The van der Waals surface area contributed by atoms with Crippen LogP contribution in [-0.2, 0) is 4.79 Å². The minimum absolute atomic E-state index is 0.145. The molecule has 80 valence electrons.